The summed E-state index contributed by atoms with van der Waals surface area (Å²) in [6, 6.07) is 4.14. The van der Waals surface area contributed by atoms with Crippen LogP contribution in [0.25, 0.3) is 11.0 Å². The van der Waals surface area contributed by atoms with Crippen LogP contribution in [0.3, 0.4) is 0 Å². The maximum Gasteiger partial charge on any atom is 0.326 e. The number of benzene rings is 1. The van der Waals surface area contributed by atoms with E-state index in [1.54, 1.807) is 0 Å². The molecule has 1 N–H and O–H groups in total. The van der Waals surface area contributed by atoms with Gasteiger partial charge in [0.25, 0.3) is 5.69 Å². The van der Waals surface area contributed by atoms with E-state index in [4.69, 9.17) is 0 Å². The van der Waals surface area contributed by atoms with Gasteiger partial charge in [0.2, 0.25) is 0 Å². The second-order valence-electron chi connectivity index (χ2n) is 5.27. The van der Waals surface area contributed by atoms with Gasteiger partial charge >= 0.3 is 5.69 Å². The molecule has 3 rings (SSSR count). The molecule has 1 aliphatic heterocycles. The Balaban J connectivity index is 2.01. The Morgan fingerprint density at radius 2 is 2.19 bits per heavy atom. The molecule has 1 aliphatic rings. The summed E-state index contributed by atoms with van der Waals surface area (Å²) < 4.78 is 24.3. The third-order valence-corrected chi connectivity index (χ3v) is 5.57. The van der Waals surface area contributed by atoms with Crippen molar-refractivity contribution in [3.63, 3.8) is 0 Å². The number of hydrogen-bond donors (Lipinski definition) is 1. The summed E-state index contributed by atoms with van der Waals surface area (Å²) in [5.41, 5.74) is 0.453. The number of aromatic amines is 1. The highest BCUT2D eigenvalue weighted by atomic mass is 32.2. The van der Waals surface area contributed by atoms with Gasteiger partial charge in [-0.3, -0.25) is 14.7 Å². The summed E-state index contributed by atoms with van der Waals surface area (Å²) >= 11 is 0. The van der Waals surface area contributed by atoms with E-state index in [9.17, 15) is 23.3 Å². The van der Waals surface area contributed by atoms with E-state index >= 15 is 0 Å². The molecule has 1 saturated heterocycles. The van der Waals surface area contributed by atoms with Gasteiger partial charge in [0.1, 0.15) is 0 Å². The minimum absolute atomic E-state index is 0.0566. The normalized spacial score (nSPS) is 20.9. The van der Waals surface area contributed by atoms with Crippen molar-refractivity contribution in [1.82, 2.24) is 9.55 Å². The van der Waals surface area contributed by atoms with E-state index < -0.39 is 14.8 Å². The topological polar surface area (TPSA) is 115 Å². The first kappa shape index (κ1) is 13.8. The molecule has 112 valence electrons. The number of nitro groups is 1. The van der Waals surface area contributed by atoms with Crippen LogP contribution in [0, 0.1) is 16.0 Å². The zero-order valence-electron chi connectivity index (χ0n) is 11.0. The van der Waals surface area contributed by atoms with Crippen LogP contribution in [-0.4, -0.2) is 34.4 Å². The summed E-state index contributed by atoms with van der Waals surface area (Å²) in [5.74, 6) is 0.0571. The van der Waals surface area contributed by atoms with Crippen LogP contribution in [0.1, 0.15) is 6.42 Å². The first-order valence-corrected chi connectivity index (χ1v) is 8.25. The maximum absolute atomic E-state index is 12.0. The third-order valence-electron chi connectivity index (χ3n) is 3.74. The molecule has 1 aromatic carbocycles. The number of nitrogens with one attached hydrogen (secondary N) is 1. The first-order valence-electron chi connectivity index (χ1n) is 6.43. The molecule has 2 aromatic rings. The number of nitro benzene ring substituents is 1. The van der Waals surface area contributed by atoms with Gasteiger partial charge in [-0.25, -0.2) is 13.2 Å². The van der Waals surface area contributed by atoms with Crippen LogP contribution in [0.15, 0.2) is 23.0 Å². The van der Waals surface area contributed by atoms with Crippen molar-refractivity contribution in [1.29, 1.82) is 0 Å². The van der Waals surface area contributed by atoms with Crippen LogP contribution in [0.5, 0.6) is 0 Å². The van der Waals surface area contributed by atoms with E-state index in [0.29, 0.717) is 17.5 Å². The van der Waals surface area contributed by atoms with Crippen molar-refractivity contribution in [3.05, 3.63) is 38.8 Å². The van der Waals surface area contributed by atoms with Crippen molar-refractivity contribution >= 4 is 26.6 Å². The summed E-state index contributed by atoms with van der Waals surface area (Å²) in [6.07, 6.45) is 0.510. The molecule has 8 nitrogen and oxygen atoms in total. The highest BCUT2D eigenvalue weighted by molar-refractivity contribution is 7.91. The Bertz CT molecular complexity index is 880. The predicted molar refractivity (Wildman–Crippen MR) is 76.0 cm³/mol. The number of sulfone groups is 1. The fourth-order valence-electron chi connectivity index (χ4n) is 2.71. The van der Waals surface area contributed by atoms with Gasteiger partial charge in [-0.1, -0.05) is 0 Å². The largest absolute Gasteiger partial charge is 0.326 e. The molecule has 1 atom stereocenters. The summed E-state index contributed by atoms with van der Waals surface area (Å²) in [7, 11) is -3.02. The first-order chi connectivity index (χ1) is 9.85. The van der Waals surface area contributed by atoms with E-state index in [1.165, 1.54) is 22.8 Å². The standard InChI is InChI=1S/C12H13N3O5S/c16-12-13-10-2-1-9(15(17)18)5-11(10)14(12)6-8-3-4-21(19,20)7-8/h1-2,5,8H,3-4,6-7H2,(H,13,16)/t8-/m0/s1. The fourth-order valence-corrected chi connectivity index (χ4v) is 4.56. The van der Waals surface area contributed by atoms with Crippen molar-refractivity contribution < 1.29 is 13.3 Å². The summed E-state index contributed by atoms with van der Waals surface area (Å²) in [5, 5.41) is 10.8. The molecule has 0 spiro atoms. The van der Waals surface area contributed by atoms with Crippen molar-refractivity contribution in [2.75, 3.05) is 11.5 Å². The van der Waals surface area contributed by atoms with Crippen LogP contribution in [0.2, 0.25) is 0 Å². The number of hydrogen-bond acceptors (Lipinski definition) is 5. The minimum atomic E-state index is -3.02. The number of imidazole rings is 1. The Labute approximate surface area is 119 Å². The molecule has 21 heavy (non-hydrogen) atoms. The fraction of sp³-hybridized carbons (Fsp3) is 0.417. The van der Waals surface area contributed by atoms with Crippen LogP contribution in [0.4, 0.5) is 5.69 Å². The molecular formula is C12H13N3O5S. The molecule has 0 saturated carbocycles. The van der Waals surface area contributed by atoms with E-state index in [2.05, 4.69) is 4.98 Å². The monoisotopic (exact) mass is 311 g/mol. The number of fused-ring (bicyclic) bond motifs is 1. The SMILES string of the molecule is O=c1[nH]c2ccc([N+](=O)[O-])cc2n1C[C@@H]1CCS(=O)(=O)C1. The lowest BCUT2D eigenvalue weighted by Crippen LogP contribution is -2.22. The van der Waals surface area contributed by atoms with Gasteiger partial charge in [-0.15, -0.1) is 0 Å². The molecule has 1 aromatic heterocycles. The zero-order chi connectivity index (χ0) is 15.2. The van der Waals surface area contributed by atoms with Crippen LogP contribution >= 0.6 is 0 Å². The number of non-ortho nitro benzene ring substituents is 1. The lowest BCUT2D eigenvalue weighted by atomic mass is 10.1. The van der Waals surface area contributed by atoms with Crippen LogP contribution in [-0.2, 0) is 16.4 Å². The highest BCUT2D eigenvalue weighted by Crippen LogP contribution is 2.23. The summed E-state index contributed by atoms with van der Waals surface area (Å²) in [4.78, 5) is 24.9. The number of H-pyrrole nitrogens is 1. The second kappa shape index (κ2) is 4.69. The molecular weight excluding hydrogens is 298 g/mol. The maximum atomic E-state index is 12.0. The Morgan fingerprint density at radius 1 is 1.43 bits per heavy atom. The Hall–Kier alpha value is -2.16. The smallest absolute Gasteiger partial charge is 0.306 e. The number of aromatic nitrogens is 2. The molecule has 0 unspecified atom stereocenters. The van der Waals surface area contributed by atoms with Gasteiger partial charge in [-0.2, -0.15) is 0 Å². The van der Waals surface area contributed by atoms with Crippen molar-refractivity contribution in [3.8, 4) is 0 Å². The lowest BCUT2D eigenvalue weighted by molar-refractivity contribution is -0.384. The minimum Gasteiger partial charge on any atom is -0.306 e. The Morgan fingerprint density at radius 3 is 2.81 bits per heavy atom. The highest BCUT2D eigenvalue weighted by Gasteiger charge is 2.29. The lowest BCUT2D eigenvalue weighted by Gasteiger charge is -2.08. The van der Waals surface area contributed by atoms with Gasteiger partial charge in [0.15, 0.2) is 9.84 Å². The van der Waals surface area contributed by atoms with Gasteiger partial charge in [0, 0.05) is 18.7 Å². The molecule has 2 heterocycles. The van der Waals surface area contributed by atoms with Gasteiger partial charge in [0.05, 0.1) is 27.5 Å². The zero-order valence-corrected chi connectivity index (χ0v) is 11.8. The average molecular weight is 311 g/mol. The molecule has 0 aliphatic carbocycles. The predicted octanol–water partition coefficient (Wildman–Crippen LogP) is 0.672. The molecule has 0 amide bonds. The average Bonchev–Trinajstić information content (AvgIpc) is 2.90. The van der Waals surface area contributed by atoms with E-state index in [0.717, 1.165) is 0 Å². The van der Waals surface area contributed by atoms with E-state index in [1.807, 2.05) is 0 Å². The van der Waals surface area contributed by atoms with Gasteiger partial charge < -0.3 is 4.98 Å². The second-order valence-corrected chi connectivity index (χ2v) is 7.50. The van der Waals surface area contributed by atoms with Crippen molar-refractivity contribution in [2.24, 2.45) is 5.92 Å². The van der Waals surface area contributed by atoms with Crippen LogP contribution < -0.4 is 5.69 Å². The van der Waals surface area contributed by atoms with Gasteiger partial charge in [-0.05, 0) is 18.4 Å². The van der Waals surface area contributed by atoms with E-state index in [-0.39, 0.29) is 35.3 Å². The molecule has 9 heteroatoms. The number of nitrogens with zero attached hydrogens (tertiary/aromatic N) is 2. The molecule has 0 bridgehead atoms. The third kappa shape index (κ3) is 2.56. The number of rotatable bonds is 3. The molecule has 0 radical (unpaired) electrons. The van der Waals surface area contributed by atoms with Crippen molar-refractivity contribution in [2.45, 2.75) is 13.0 Å². The quantitative estimate of drug-likeness (QED) is 0.661. The molecule has 1 fully saturated rings. The summed E-state index contributed by atoms with van der Waals surface area (Å²) in [6.45, 7) is 0.249. The Kier molecular flexibility index (Phi) is 3.08.